The predicted octanol–water partition coefficient (Wildman–Crippen LogP) is 3.17. The highest BCUT2D eigenvalue weighted by Gasteiger charge is 2.53. The first-order chi connectivity index (χ1) is 14.0. The standard InChI is InChI=1S/C22H23N3O3S/c26-21(22(12-13-22)17-8-2-1-3-9-17)25-14-6-7-16(15-25)20-23-18-10-4-5-11-19(18)29(27,28)24-20/h1-5,8-11,16H,6-7,12-15H2,(H,23,24)/t16-/m1/s1. The van der Waals surface area contributed by atoms with Crippen molar-refractivity contribution in [3.63, 3.8) is 0 Å². The molecule has 2 fully saturated rings. The SMILES string of the molecule is O=C(N1CCC[C@@H](C2=NS(=O)(=O)c3ccccc3N2)C1)C1(c2ccccc2)CC1. The van der Waals surface area contributed by atoms with Gasteiger partial charge in [0.1, 0.15) is 10.7 Å². The molecule has 0 unspecified atom stereocenters. The Morgan fingerprint density at radius 2 is 1.79 bits per heavy atom. The summed E-state index contributed by atoms with van der Waals surface area (Å²) in [5.74, 6) is 0.501. The number of rotatable bonds is 3. The van der Waals surface area contributed by atoms with E-state index < -0.39 is 15.4 Å². The first-order valence-electron chi connectivity index (χ1n) is 10.1. The first kappa shape index (κ1) is 18.4. The summed E-state index contributed by atoms with van der Waals surface area (Å²) in [5.41, 5.74) is 1.24. The summed E-state index contributed by atoms with van der Waals surface area (Å²) in [5, 5.41) is 3.20. The summed E-state index contributed by atoms with van der Waals surface area (Å²) in [6.07, 6.45) is 3.39. The van der Waals surface area contributed by atoms with Crippen LogP contribution in [0.3, 0.4) is 0 Å². The molecule has 0 bridgehead atoms. The zero-order valence-corrected chi connectivity index (χ0v) is 16.9. The molecule has 1 N–H and O–H groups in total. The number of fused-ring (bicyclic) bond motifs is 1. The zero-order chi connectivity index (χ0) is 20.1. The molecule has 3 aliphatic rings. The molecule has 7 heteroatoms. The van der Waals surface area contributed by atoms with Crippen LogP contribution in [0, 0.1) is 5.92 Å². The van der Waals surface area contributed by atoms with E-state index in [1.54, 1.807) is 24.3 Å². The number of para-hydroxylation sites is 1. The van der Waals surface area contributed by atoms with Gasteiger partial charge in [-0.15, -0.1) is 4.40 Å². The van der Waals surface area contributed by atoms with Gasteiger partial charge in [-0.05, 0) is 43.4 Å². The number of amidine groups is 1. The normalized spacial score (nSPS) is 24.1. The van der Waals surface area contributed by atoms with Crippen molar-refractivity contribution in [3.8, 4) is 0 Å². The van der Waals surface area contributed by atoms with Crippen LogP contribution in [0.2, 0.25) is 0 Å². The fourth-order valence-electron chi connectivity index (χ4n) is 4.51. The highest BCUT2D eigenvalue weighted by atomic mass is 32.2. The van der Waals surface area contributed by atoms with Crippen molar-refractivity contribution in [1.29, 1.82) is 0 Å². The number of anilines is 1. The molecule has 0 radical (unpaired) electrons. The van der Waals surface area contributed by atoms with Crippen molar-refractivity contribution in [2.45, 2.75) is 36.0 Å². The molecule has 2 aromatic carbocycles. The molecule has 1 saturated heterocycles. The van der Waals surface area contributed by atoms with Gasteiger partial charge < -0.3 is 10.2 Å². The molecule has 1 aliphatic carbocycles. The summed E-state index contributed by atoms with van der Waals surface area (Å²) < 4.78 is 29.2. The molecule has 5 rings (SSSR count). The Balaban J connectivity index is 1.38. The Labute approximate surface area is 170 Å². The van der Waals surface area contributed by atoms with Gasteiger partial charge >= 0.3 is 0 Å². The lowest BCUT2D eigenvalue weighted by molar-refractivity contribution is -0.135. The van der Waals surface area contributed by atoms with Gasteiger partial charge in [0.05, 0.1) is 11.1 Å². The van der Waals surface area contributed by atoms with E-state index in [0.717, 1.165) is 31.2 Å². The zero-order valence-electron chi connectivity index (χ0n) is 16.0. The molecule has 2 aliphatic heterocycles. The molecule has 6 nitrogen and oxygen atoms in total. The van der Waals surface area contributed by atoms with E-state index in [1.165, 1.54) is 0 Å². The van der Waals surface area contributed by atoms with Crippen molar-refractivity contribution in [3.05, 3.63) is 60.2 Å². The number of sulfonamides is 1. The lowest BCUT2D eigenvalue weighted by Gasteiger charge is -2.36. The van der Waals surface area contributed by atoms with Gasteiger partial charge in [0.25, 0.3) is 10.0 Å². The monoisotopic (exact) mass is 409 g/mol. The Bertz CT molecular complexity index is 1090. The molecule has 1 amide bonds. The topological polar surface area (TPSA) is 78.8 Å². The number of nitrogens with zero attached hydrogens (tertiary/aromatic N) is 2. The number of hydrogen-bond donors (Lipinski definition) is 1. The van der Waals surface area contributed by atoms with E-state index in [0.29, 0.717) is 24.6 Å². The number of carbonyl (C=O) groups excluding carboxylic acids is 1. The van der Waals surface area contributed by atoms with Crippen LogP contribution in [0.1, 0.15) is 31.2 Å². The van der Waals surface area contributed by atoms with Crippen molar-refractivity contribution in [2.24, 2.45) is 10.3 Å². The first-order valence-corrected chi connectivity index (χ1v) is 11.5. The smallest absolute Gasteiger partial charge is 0.286 e. The van der Waals surface area contributed by atoms with E-state index in [4.69, 9.17) is 0 Å². The van der Waals surface area contributed by atoms with Crippen LogP contribution in [0.5, 0.6) is 0 Å². The fraction of sp³-hybridized carbons (Fsp3) is 0.364. The van der Waals surface area contributed by atoms with Gasteiger partial charge in [0.2, 0.25) is 5.91 Å². The average molecular weight is 410 g/mol. The van der Waals surface area contributed by atoms with Gasteiger partial charge in [-0.2, -0.15) is 8.42 Å². The fourth-order valence-corrected chi connectivity index (χ4v) is 5.71. The molecule has 2 aromatic rings. The van der Waals surface area contributed by atoms with Crippen LogP contribution in [-0.2, 0) is 20.2 Å². The highest BCUT2D eigenvalue weighted by Crippen LogP contribution is 2.50. The van der Waals surface area contributed by atoms with E-state index >= 15 is 0 Å². The Hall–Kier alpha value is -2.67. The molecule has 29 heavy (non-hydrogen) atoms. The maximum Gasteiger partial charge on any atom is 0.286 e. The lowest BCUT2D eigenvalue weighted by atomic mass is 9.91. The van der Waals surface area contributed by atoms with Crippen LogP contribution < -0.4 is 5.32 Å². The second kappa shape index (κ2) is 6.69. The molecular formula is C22H23N3O3S. The summed E-state index contributed by atoms with van der Waals surface area (Å²) in [4.78, 5) is 15.5. The van der Waals surface area contributed by atoms with E-state index in [-0.39, 0.29) is 16.7 Å². The number of amides is 1. The van der Waals surface area contributed by atoms with Crippen LogP contribution >= 0.6 is 0 Å². The summed E-state index contributed by atoms with van der Waals surface area (Å²) >= 11 is 0. The van der Waals surface area contributed by atoms with Gasteiger partial charge in [-0.3, -0.25) is 4.79 Å². The number of carbonyl (C=O) groups is 1. The second-order valence-corrected chi connectivity index (χ2v) is 9.68. The Morgan fingerprint density at radius 1 is 1.07 bits per heavy atom. The second-order valence-electron chi connectivity index (χ2n) is 8.11. The van der Waals surface area contributed by atoms with Gasteiger partial charge in [-0.25, -0.2) is 0 Å². The van der Waals surface area contributed by atoms with Crippen molar-refractivity contribution in [1.82, 2.24) is 4.90 Å². The average Bonchev–Trinajstić information content (AvgIpc) is 3.56. The molecule has 150 valence electrons. The maximum absolute atomic E-state index is 13.4. The van der Waals surface area contributed by atoms with E-state index in [1.807, 2.05) is 35.2 Å². The third kappa shape index (κ3) is 3.13. The molecule has 0 aromatic heterocycles. The third-order valence-corrected chi connectivity index (χ3v) is 7.58. The van der Waals surface area contributed by atoms with Gasteiger partial charge in [-0.1, -0.05) is 42.5 Å². The summed E-state index contributed by atoms with van der Waals surface area (Å²) in [7, 11) is -3.72. The minimum atomic E-state index is -3.72. The number of piperidine rings is 1. The third-order valence-electron chi connectivity index (χ3n) is 6.23. The molecule has 0 spiro atoms. The minimum absolute atomic E-state index is 0.109. The number of nitrogens with one attached hydrogen (secondary N) is 1. The number of benzene rings is 2. The van der Waals surface area contributed by atoms with Crippen LogP contribution in [0.15, 0.2) is 63.9 Å². The largest absolute Gasteiger partial charge is 0.342 e. The van der Waals surface area contributed by atoms with Crippen molar-refractivity contribution in [2.75, 3.05) is 18.4 Å². The predicted molar refractivity (Wildman–Crippen MR) is 111 cm³/mol. The number of hydrogen-bond acceptors (Lipinski definition) is 4. The summed E-state index contributed by atoms with van der Waals surface area (Å²) in [6, 6.07) is 16.8. The molecule has 1 atom stereocenters. The van der Waals surface area contributed by atoms with Crippen molar-refractivity contribution < 1.29 is 13.2 Å². The summed E-state index contributed by atoms with van der Waals surface area (Å²) in [6.45, 7) is 1.21. The minimum Gasteiger partial charge on any atom is -0.342 e. The van der Waals surface area contributed by atoms with Gasteiger partial charge in [0.15, 0.2) is 0 Å². The van der Waals surface area contributed by atoms with E-state index in [2.05, 4.69) is 9.71 Å². The van der Waals surface area contributed by atoms with Gasteiger partial charge in [0, 0.05) is 19.0 Å². The lowest BCUT2D eigenvalue weighted by Crippen LogP contribution is -2.48. The molecule has 2 heterocycles. The van der Waals surface area contributed by atoms with Crippen LogP contribution in [0.25, 0.3) is 0 Å². The van der Waals surface area contributed by atoms with E-state index in [9.17, 15) is 13.2 Å². The van der Waals surface area contributed by atoms with Crippen LogP contribution in [-0.4, -0.2) is 38.2 Å². The molecular weight excluding hydrogens is 386 g/mol. The highest BCUT2D eigenvalue weighted by molar-refractivity contribution is 7.90. The quantitative estimate of drug-likeness (QED) is 0.845. The Morgan fingerprint density at radius 3 is 2.55 bits per heavy atom. The molecule has 1 saturated carbocycles. The van der Waals surface area contributed by atoms with Crippen molar-refractivity contribution >= 4 is 27.5 Å². The maximum atomic E-state index is 13.4. The number of likely N-dealkylation sites (tertiary alicyclic amines) is 1. The van der Waals surface area contributed by atoms with Crippen LogP contribution in [0.4, 0.5) is 5.69 Å². The Kier molecular flexibility index (Phi) is 4.24.